The number of benzene rings is 1. The van der Waals surface area contributed by atoms with E-state index in [9.17, 15) is 0 Å². The van der Waals surface area contributed by atoms with Gasteiger partial charge >= 0.3 is 0 Å². The van der Waals surface area contributed by atoms with E-state index in [0.29, 0.717) is 0 Å². The predicted octanol–water partition coefficient (Wildman–Crippen LogP) is 3.39. The zero-order chi connectivity index (χ0) is 11.1. The third-order valence-electron chi connectivity index (χ3n) is 3.29. The molecular weight excluding hydrogens is 182 g/mol. The second-order valence-electron chi connectivity index (χ2n) is 5.74. The van der Waals surface area contributed by atoms with Crippen LogP contribution in [0.15, 0.2) is 24.3 Å². The van der Waals surface area contributed by atoms with E-state index in [1.807, 2.05) is 0 Å². The molecule has 0 saturated heterocycles. The molecule has 1 aromatic carbocycles. The first-order valence-corrected chi connectivity index (χ1v) is 5.84. The summed E-state index contributed by atoms with van der Waals surface area (Å²) in [4.78, 5) is 0. The van der Waals surface area contributed by atoms with Crippen molar-refractivity contribution in [2.45, 2.75) is 45.1 Å². The Bertz CT molecular complexity index is 327. The molecule has 0 radical (unpaired) electrons. The van der Waals surface area contributed by atoms with Crippen LogP contribution in [-0.4, -0.2) is 0 Å². The van der Waals surface area contributed by atoms with Crippen LogP contribution in [0.5, 0.6) is 0 Å². The van der Waals surface area contributed by atoms with Crippen LogP contribution in [0.3, 0.4) is 0 Å². The fourth-order valence-corrected chi connectivity index (χ4v) is 1.93. The van der Waals surface area contributed by atoms with Gasteiger partial charge in [0, 0.05) is 6.04 Å². The molecule has 0 heterocycles. The van der Waals surface area contributed by atoms with Crippen LogP contribution in [-0.2, 0) is 5.41 Å². The summed E-state index contributed by atoms with van der Waals surface area (Å²) in [6.45, 7) is 6.72. The number of rotatable bonds is 2. The van der Waals surface area contributed by atoms with Gasteiger partial charge in [0.1, 0.15) is 0 Å². The summed E-state index contributed by atoms with van der Waals surface area (Å²) in [5.41, 5.74) is 9.08. The maximum Gasteiger partial charge on any atom is 0.0323 e. The molecule has 1 aromatic rings. The van der Waals surface area contributed by atoms with Crippen molar-refractivity contribution in [3.05, 3.63) is 35.4 Å². The summed E-state index contributed by atoms with van der Waals surface area (Å²) in [7, 11) is 0. The fraction of sp³-hybridized carbons (Fsp3) is 0.571. The van der Waals surface area contributed by atoms with Gasteiger partial charge in [-0.25, -0.2) is 0 Å². The van der Waals surface area contributed by atoms with E-state index in [1.54, 1.807) is 0 Å². The second kappa shape index (κ2) is 3.64. The van der Waals surface area contributed by atoms with Gasteiger partial charge in [-0.2, -0.15) is 0 Å². The van der Waals surface area contributed by atoms with Gasteiger partial charge in [0.25, 0.3) is 0 Å². The molecule has 1 nitrogen and oxygen atoms in total. The van der Waals surface area contributed by atoms with Crippen LogP contribution in [0.1, 0.15) is 50.8 Å². The highest BCUT2D eigenvalue weighted by Crippen LogP contribution is 2.39. The number of nitrogens with two attached hydrogens (primary N) is 1. The van der Waals surface area contributed by atoms with E-state index < -0.39 is 0 Å². The first kappa shape index (κ1) is 10.7. The molecule has 0 unspecified atom stereocenters. The van der Waals surface area contributed by atoms with Gasteiger partial charge in [-0.05, 0) is 35.3 Å². The summed E-state index contributed by atoms with van der Waals surface area (Å²) in [5, 5.41) is 0. The highest BCUT2D eigenvalue weighted by molar-refractivity contribution is 5.29. The van der Waals surface area contributed by atoms with E-state index in [1.165, 1.54) is 24.0 Å². The molecule has 0 spiro atoms. The zero-order valence-electron chi connectivity index (χ0n) is 9.96. The summed E-state index contributed by atoms with van der Waals surface area (Å²) < 4.78 is 0. The van der Waals surface area contributed by atoms with Gasteiger partial charge in [0.05, 0.1) is 0 Å². The number of hydrogen-bond acceptors (Lipinski definition) is 1. The van der Waals surface area contributed by atoms with Gasteiger partial charge in [0.2, 0.25) is 0 Å². The quantitative estimate of drug-likeness (QED) is 0.783. The van der Waals surface area contributed by atoms with Crippen LogP contribution >= 0.6 is 0 Å². The normalized spacial score (nSPS) is 18.9. The average Bonchev–Trinajstić information content (AvgIpc) is 2.99. The molecule has 1 atom stereocenters. The Kier molecular flexibility index (Phi) is 2.59. The summed E-state index contributed by atoms with van der Waals surface area (Å²) in [6.07, 6.45) is 2.62. The number of hydrogen-bond donors (Lipinski definition) is 1. The maximum absolute atomic E-state index is 6.16. The molecule has 1 aliphatic carbocycles. The Labute approximate surface area is 92.7 Å². The first-order chi connectivity index (χ1) is 6.98. The van der Waals surface area contributed by atoms with Crippen LogP contribution < -0.4 is 5.73 Å². The lowest BCUT2D eigenvalue weighted by molar-refractivity contribution is 0.587. The molecule has 1 aliphatic rings. The minimum Gasteiger partial charge on any atom is -0.324 e. The largest absolute Gasteiger partial charge is 0.324 e. The second-order valence-corrected chi connectivity index (χ2v) is 5.74. The molecule has 2 N–H and O–H groups in total. The monoisotopic (exact) mass is 203 g/mol. The molecule has 0 aliphatic heterocycles. The fourth-order valence-electron chi connectivity index (χ4n) is 1.93. The summed E-state index contributed by atoms with van der Waals surface area (Å²) >= 11 is 0. The van der Waals surface area contributed by atoms with Crippen molar-refractivity contribution in [2.75, 3.05) is 0 Å². The van der Waals surface area contributed by atoms with Crippen LogP contribution in [0.25, 0.3) is 0 Å². The third kappa shape index (κ3) is 2.40. The molecule has 0 bridgehead atoms. The topological polar surface area (TPSA) is 26.0 Å². The molecule has 2 rings (SSSR count). The van der Waals surface area contributed by atoms with E-state index in [2.05, 4.69) is 45.0 Å². The Morgan fingerprint density at radius 3 is 2.07 bits per heavy atom. The van der Waals surface area contributed by atoms with Crippen molar-refractivity contribution in [1.82, 2.24) is 0 Å². The van der Waals surface area contributed by atoms with Crippen molar-refractivity contribution < 1.29 is 0 Å². The SMILES string of the molecule is CC(C)(C)c1ccc([C@@H](N)C2CC2)cc1. The average molecular weight is 203 g/mol. The van der Waals surface area contributed by atoms with E-state index >= 15 is 0 Å². The minimum absolute atomic E-state index is 0.238. The standard InChI is InChI=1S/C14H21N/c1-14(2,3)12-8-6-11(7-9-12)13(15)10-4-5-10/h6-10,13H,4-5,15H2,1-3H3/t13-/m0/s1. The van der Waals surface area contributed by atoms with E-state index in [-0.39, 0.29) is 11.5 Å². The Hall–Kier alpha value is -0.820. The molecule has 0 aromatic heterocycles. The van der Waals surface area contributed by atoms with Crippen LogP contribution in [0.4, 0.5) is 0 Å². The Morgan fingerprint density at radius 2 is 1.67 bits per heavy atom. The first-order valence-electron chi connectivity index (χ1n) is 5.84. The highest BCUT2D eigenvalue weighted by Gasteiger charge is 2.29. The molecular formula is C14H21N. The van der Waals surface area contributed by atoms with Crippen LogP contribution in [0.2, 0.25) is 0 Å². The summed E-state index contributed by atoms with van der Waals surface area (Å²) in [5.74, 6) is 0.741. The lowest BCUT2D eigenvalue weighted by Crippen LogP contribution is -2.14. The van der Waals surface area contributed by atoms with Gasteiger partial charge in [-0.15, -0.1) is 0 Å². The van der Waals surface area contributed by atoms with Crippen LogP contribution in [0, 0.1) is 5.92 Å². The van der Waals surface area contributed by atoms with Gasteiger partial charge < -0.3 is 5.73 Å². The van der Waals surface area contributed by atoms with Gasteiger partial charge in [0.15, 0.2) is 0 Å². The lowest BCUT2D eigenvalue weighted by Gasteiger charge is -2.20. The summed E-state index contributed by atoms with van der Waals surface area (Å²) in [6, 6.07) is 9.10. The highest BCUT2D eigenvalue weighted by atomic mass is 14.7. The third-order valence-corrected chi connectivity index (χ3v) is 3.29. The minimum atomic E-state index is 0.238. The smallest absolute Gasteiger partial charge is 0.0323 e. The van der Waals surface area contributed by atoms with E-state index in [0.717, 1.165) is 5.92 Å². The molecule has 1 fully saturated rings. The molecule has 1 heteroatoms. The predicted molar refractivity (Wildman–Crippen MR) is 64.8 cm³/mol. The Balaban J connectivity index is 2.16. The van der Waals surface area contributed by atoms with Crippen molar-refractivity contribution in [1.29, 1.82) is 0 Å². The molecule has 82 valence electrons. The molecule has 0 amide bonds. The van der Waals surface area contributed by atoms with Gasteiger partial charge in [-0.1, -0.05) is 45.0 Å². The van der Waals surface area contributed by atoms with Crippen molar-refractivity contribution >= 4 is 0 Å². The van der Waals surface area contributed by atoms with Crippen molar-refractivity contribution in [3.8, 4) is 0 Å². The van der Waals surface area contributed by atoms with Crippen molar-refractivity contribution in [2.24, 2.45) is 11.7 Å². The molecule has 1 saturated carbocycles. The molecule has 15 heavy (non-hydrogen) atoms. The maximum atomic E-state index is 6.16. The Morgan fingerprint density at radius 1 is 1.13 bits per heavy atom. The zero-order valence-corrected chi connectivity index (χ0v) is 9.96. The van der Waals surface area contributed by atoms with Gasteiger partial charge in [-0.3, -0.25) is 0 Å². The van der Waals surface area contributed by atoms with Crippen molar-refractivity contribution in [3.63, 3.8) is 0 Å². The lowest BCUT2D eigenvalue weighted by atomic mass is 9.86. The van der Waals surface area contributed by atoms with E-state index in [4.69, 9.17) is 5.73 Å².